The molecule has 0 aliphatic rings. The Morgan fingerprint density at radius 3 is 1.97 bits per heavy atom. The fourth-order valence-corrected chi connectivity index (χ4v) is 3.93. The van der Waals surface area contributed by atoms with Gasteiger partial charge < -0.3 is 9.05 Å². The Balaban J connectivity index is 1.57. The second kappa shape index (κ2) is 9.29. The van der Waals surface area contributed by atoms with E-state index in [1.165, 1.54) is 0 Å². The van der Waals surface area contributed by atoms with Gasteiger partial charge in [-0.2, -0.15) is 0 Å². The summed E-state index contributed by atoms with van der Waals surface area (Å²) in [5.74, 6) is 0.584. The Morgan fingerprint density at radius 2 is 1.37 bits per heavy atom. The van der Waals surface area contributed by atoms with Gasteiger partial charge in [0.15, 0.2) is 5.78 Å². The molecule has 0 bridgehead atoms. The van der Waals surface area contributed by atoms with Crippen LogP contribution < -0.4 is 9.05 Å². The van der Waals surface area contributed by atoms with Crippen LogP contribution in [0.15, 0.2) is 66.7 Å². The molecule has 0 radical (unpaired) electrons. The number of Topliss-reactive ketones (excluding diaryl/α,β-unsaturated/α-hetero) is 1. The highest BCUT2D eigenvalue weighted by Gasteiger charge is 2.25. The second-order valence-corrected chi connectivity index (χ2v) is 8.71. The Kier molecular flexibility index (Phi) is 6.76. The molecule has 3 aromatic rings. The van der Waals surface area contributed by atoms with E-state index < -0.39 is 7.82 Å². The predicted molar refractivity (Wildman–Crippen MR) is 117 cm³/mol. The van der Waals surface area contributed by atoms with Crippen LogP contribution in [-0.2, 0) is 11.0 Å². The molecule has 0 heterocycles. The number of hydrogen-bond acceptors (Lipinski definition) is 4. The Morgan fingerprint density at radius 1 is 0.800 bits per heavy atom. The van der Waals surface area contributed by atoms with Gasteiger partial charge in [-0.15, -0.1) is 0 Å². The van der Waals surface area contributed by atoms with Gasteiger partial charge >= 0.3 is 7.82 Å². The fourth-order valence-electron chi connectivity index (χ4n) is 3.13. The molecule has 0 amide bonds. The van der Waals surface area contributed by atoms with Gasteiger partial charge in [-0.3, -0.25) is 9.69 Å². The first-order valence-electron chi connectivity index (χ1n) is 9.69. The Bertz CT molecular complexity index is 1050. The van der Waals surface area contributed by atoms with Crippen LogP contribution in [0.25, 0.3) is 0 Å². The van der Waals surface area contributed by atoms with Gasteiger partial charge in [0, 0.05) is 12.0 Å². The topological polar surface area (TPSA) is 72.8 Å². The minimum Gasteiger partial charge on any atom is -0.395 e. The lowest BCUT2D eigenvalue weighted by atomic mass is 10.0. The predicted octanol–water partition coefficient (Wildman–Crippen LogP) is 5.99. The number of hydrogen-bond donors (Lipinski definition) is 1. The minimum atomic E-state index is -4.32. The van der Waals surface area contributed by atoms with Crippen molar-refractivity contribution in [2.24, 2.45) is 0 Å². The molecule has 0 saturated heterocycles. The molecule has 3 aromatic carbocycles. The number of ketones is 1. The van der Waals surface area contributed by atoms with Crippen LogP contribution in [0.3, 0.4) is 0 Å². The van der Waals surface area contributed by atoms with E-state index in [2.05, 4.69) is 0 Å². The molecule has 6 heteroatoms. The van der Waals surface area contributed by atoms with E-state index in [4.69, 9.17) is 9.05 Å². The van der Waals surface area contributed by atoms with Gasteiger partial charge in [0.1, 0.15) is 11.5 Å². The van der Waals surface area contributed by atoms with E-state index in [1.54, 1.807) is 36.4 Å². The summed E-state index contributed by atoms with van der Waals surface area (Å²) in [6.07, 6.45) is 0.959. The smallest absolute Gasteiger partial charge is 0.395 e. The van der Waals surface area contributed by atoms with E-state index in [0.717, 1.165) is 22.3 Å². The Labute approximate surface area is 176 Å². The fraction of sp³-hybridized carbons (Fsp3) is 0.208. The quantitative estimate of drug-likeness (QED) is 0.355. The summed E-state index contributed by atoms with van der Waals surface area (Å²) in [5, 5.41) is 0. The zero-order chi connectivity index (χ0) is 21.7. The van der Waals surface area contributed by atoms with Crippen LogP contribution in [-0.4, -0.2) is 10.7 Å². The number of rotatable bonds is 8. The molecule has 3 rings (SSSR count). The van der Waals surface area contributed by atoms with Crippen LogP contribution in [0.4, 0.5) is 0 Å². The third-order valence-corrected chi connectivity index (χ3v) is 5.46. The van der Waals surface area contributed by atoms with Crippen molar-refractivity contribution in [3.63, 3.8) is 0 Å². The highest BCUT2D eigenvalue weighted by molar-refractivity contribution is 7.48. The Hall–Kier alpha value is -2.88. The zero-order valence-electron chi connectivity index (χ0n) is 17.3. The van der Waals surface area contributed by atoms with E-state index in [-0.39, 0.29) is 17.3 Å². The average molecular weight is 424 g/mol. The van der Waals surface area contributed by atoms with Gasteiger partial charge in [0.05, 0.1) is 0 Å². The lowest BCUT2D eigenvalue weighted by Gasteiger charge is -2.15. The molecule has 0 aliphatic heterocycles. The third-order valence-electron chi connectivity index (χ3n) is 4.57. The summed E-state index contributed by atoms with van der Waals surface area (Å²) in [6, 6.07) is 19.5. The van der Waals surface area contributed by atoms with Crippen molar-refractivity contribution in [1.82, 2.24) is 0 Å². The summed E-state index contributed by atoms with van der Waals surface area (Å²) >= 11 is 0. The van der Waals surface area contributed by atoms with Crippen molar-refractivity contribution in [3.05, 3.63) is 94.5 Å². The van der Waals surface area contributed by atoms with Gasteiger partial charge in [-0.05, 0) is 68.1 Å². The first-order valence-corrected chi connectivity index (χ1v) is 11.2. The monoisotopic (exact) mass is 424 g/mol. The third kappa shape index (κ3) is 6.31. The lowest BCUT2D eigenvalue weighted by molar-refractivity contribution is 0.0983. The van der Waals surface area contributed by atoms with Crippen LogP contribution >= 0.6 is 7.82 Å². The summed E-state index contributed by atoms with van der Waals surface area (Å²) in [4.78, 5) is 22.4. The standard InChI is InChI=1S/C24H25O5P/c1-17-4-9-21(10-5-17)24(25)13-8-20-6-11-22(12-7-20)28-30(26,27)29-23-15-18(2)14-19(3)16-23/h4-7,9-12,14-16H,8,13H2,1-3H3,(H,26,27). The van der Waals surface area contributed by atoms with Crippen molar-refractivity contribution >= 4 is 13.6 Å². The highest BCUT2D eigenvalue weighted by atomic mass is 31.2. The summed E-state index contributed by atoms with van der Waals surface area (Å²) in [7, 11) is -4.32. The van der Waals surface area contributed by atoms with Crippen LogP contribution in [0.1, 0.15) is 39.0 Å². The summed E-state index contributed by atoms with van der Waals surface area (Å²) in [5.41, 5.74) is 4.60. The molecule has 0 spiro atoms. The van der Waals surface area contributed by atoms with Crippen LogP contribution in [0.2, 0.25) is 0 Å². The van der Waals surface area contributed by atoms with Gasteiger partial charge in [-0.25, -0.2) is 4.57 Å². The second-order valence-electron chi connectivity index (χ2n) is 7.41. The minimum absolute atomic E-state index is 0.0806. The van der Waals surface area contributed by atoms with Crippen molar-refractivity contribution in [2.45, 2.75) is 33.6 Å². The maximum atomic E-state index is 12.3. The van der Waals surface area contributed by atoms with Gasteiger partial charge in [-0.1, -0.05) is 48.0 Å². The first-order chi connectivity index (χ1) is 14.2. The largest absolute Gasteiger partial charge is 0.584 e. The SMILES string of the molecule is Cc1ccc(C(=O)CCc2ccc(OP(=O)(O)Oc3cc(C)cc(C)c3)cc2)cc1. The number of benzene rings is 3. The number of phosphoric acid groups is 1. The molecule has 0 aromatic heterocycles. The maximum Gasteiger partial charge on any atom is 0.584 e. The van der Waals surface area contributed by atoms with Gasteiger partial charge in [0.2, 0.25) is 0 Å². The molecule has 1 atom stereocenters. The van der Waals surface area contributed by atoms with Crippen molar-refractivity contribution in [1.29, 1.82) is 0 Å². The van der Waals surface area contributed by atoms with Crippen molar-refractivity contribution in [3.8, 4) is 11.5 Å². The normalized spacial score (nSPS) is 12.8. The molecule has 1 unspecified atom stereocenters. The number of phosphoric ester groups is 1. The van der Waals surface area contributed by atoms with Crippen molar-refractivity contribution < 1.29 is 23.3 Å². The molecule has 1 N–H and O–H groups in total. The molecule has 0 aliphatic carbocycles. The molecule has 0 fully saturated rings. The van der Waals surface area contributed by atoms with Crippen LogP contribution in [0, 0.1) is 20.8 Å². The first kappa shape index (κ1) is 21.8. The number of carbonyl (C=O) groups is 1. The average Bonchev–Trinajstić information content (AvgIpc) is 2.66. The molecule has 0 saturated carbocycles. The molecule has 156 valence electrons. The maximum absolute atomic E-state index is 12.3. The molecular formula is C24H25O5P. The lowest BCUT2D eigenvalue weighted by Crippen LogP contribution is -2.02. The number of aryl methyl sites for hydroxylation is 4. The van der Waals surface area contributed by atoms with Crippen molar-refractivity contribution in [2.75, 3.05) is 0 Å². The van der Waals surface area contributed by atoms with E-state index in [1.807, 2.05) is 51.1 Å². The van der Waals surface area contributed by atoms with Crippen LogP contribution in [0.5, 0.6) is 11.5 Å². The summed E-state index contributed by atoms with van der Waals surface area (Å²) in [6.45, 7) is 5.74. The number of carbonyl (C=O) groups excluding carboxylic acids is 1. The molecular weight excluding hydrogens is 399 g/mol. The van der Waals surface area contributed by atoms with E-state index in [9.17, 15) is 14.3 Å². The zero-order valence-corrected chi connectivity index (χ0v) is 18.2. The van der Waals surface area contributed by atoms with E-state index in [0.29, 0.717) is 18.4 Å². The molecule has 5 nitrogen and oxygen atoms in total. The highest BCUT2D eigenvalue weighted by Crippen LogP contribution is 2.44. The van der Waals surface area contributed by atoms with Gasteiger partial charge in [0.25, 0.3) is 0 Å². The molecule has 30 heavy (non-hydrogen) atoms. The summed E-state index contributed by atoms with van der Waals surface area (Å²) < 4.78 is 22.7. The van der Waals surface area contributed by atoms with E-state index >= 15 is 0 Å².